The minimum Gasteiger partial charge on any atom is -0.397 e. The molecule has 16 rings (SSSR count). The third kappa shape index (κ3) is 10.4. The van der Waals surface area contributed by atoms with E-state index in [1.54, 1.807) is 24.8 Å². The van der Waals surface area contributed by atoms with E-state index in [1.807, 2.05) is 121 Å². The van der Waals surface area contributed by atoms with Gasteiger partial charge in [0.05, 0.1) is 60.4 Å². The third-order valence-electron chi connectivity index (χ3n) is 16.3. The first kappa shape index (κ1) is 55.7. The van der Waals surface area contributed by atoms with Crippen LogP contribution in [-0.4, -0.2) is 66.9 Å². The fourth-order valence-corrected chi connectivity index (χ4v) is 11.6. The molecule has 10 aromatic carbocycles. The van der Waals surface area contributed by atoms with Gasteiger partial charge in [-0.05, 0) is 136 Å². The van der Waals surface area contributed by atoms with Gasteiger partial charge in [0, 0.05) is 69.1 Å². The summed E-state index contributed by atoms with van der Waals surface area (Å²) in [6, 6.07) is 79.8. The van der Waals surface area contributed by atoms with E-state index in [0.717, 1.165) is 117 Å². The number of halogens is 2. The lowest BCUT2D eigenvalue weighted by molar-refractivity contribution is 0.00578. The Balaban J connectivity index is 0.000000134. The summed E-state index contributed by atoms with van der Waals surface area (Å²) in [5.74, 6) is 1.73. The zero-order valence-electron chi connectivity index (χ0n) is 48.4. The Morgan fingerprint density at radius 2 is 0.705 bits per heavy atom. The largest absolute Gasteiger partial charge is 0.533 e. The predicted molar refractivity (Wildman–Crippen MR) is 357 cm³/mol. The molecule has 0 bridgehead atoms. The van der Waals surface area contributed by atoms with Crippen molar-refractivity contribution in [2.24, 2.45) is 0 Å². The molecule has 12 nitrogen and oxygen atoms in total. The number of imidazole rings is 3. The predicted octanol–water partition coefficient (Wildman–Crippen LogP) is 17.2. The van der Waals surface area contributed by atoms with Crippen LogP contribution in [-0.2, 0) is 9.31 Å². The molecule has 426 valence electrons. The van der Waals surface area contributed by atoms with Crippen molar-refractivity contribution in [2.75, 3.05) is 0 Å². The van der Waals surface area contributed by atoms with Crippen molar-refractivity contribution in [3.05, 3.63) is 271 Å². The van der Waals surface area contributed by atoms with Gasteiger partial charge >= 0.3 is 7.12 Å². The molecule has 0 spiro atoms. The van der Waals surface area contributed by atoms with E-state index >= 15 is 0 Å². The lowest BCUT2D eigenvalue weighted by Crippen LogP contribution is -2.41. The Hall–Kier alpha value is -10.1. The molecule has 1 aliphatic heterocycles. The second-order valence-corrected chi connectivity index (χ2v) is 23.1. The number of para-hydroxylation sites is 9. The van der Waals surface area contributed by atoms with Gasteiger partial charge in [-0.15, -0.1) is 0 Å². The molecule has 15 heteroatoms. The van der Waals surface area contributed by atoms with Crippen LogP contribution in [0.5, 0.6) is 0 Å². The molecule has 0 unspecified atom stereocenters. The minimum atomic E-state index is -0.498. The fraction of sp³-hybridized carbons (Fsp3) is 0.0822. The molecule has 0 atom stereocenters. The van der Waals surface area contributed by atoms with Gasteiger partial charge < -0.3 is 9.31 Å². The zero-order valence-corrected chi connectivity index (χ0v) is 50.0. The van der Waals surface area contributed by atoms with Crippen LogP contribution in [0.25, 0.3) is 117 Å². The van der Waals surface area contributed by atoms with Gasteiger partial charge in [0.25, 0.3) is 0 Å². The number of fused-ring (bicyclic) bond motifs is 5. The van der Waals surface area contributed by atoms with Crippen LogP contribution in [0.1, 0.15) is 27.7 Å². The lowest BCUT2D eigenvalue weighted by atomic mass is 9.88. The average molecular weight is 1190 g/mol. The standard InChI is InChI=1S/C40H26N6.C19H21BN2O2.C14H8Cl2N2/c1-3-11-29(12-4-1)45-35-17-9-7-15-33(35)43-39(45)28-21-19-27(20-22-28)31-23-24-32(38-37(31)41-25-26-42-38)40-44-34-16-8-10-18-36(34)46(40)30-13-5-2-6-14-30;1-18(2)19(3,4)24-20(23-18)17-21-15-12-8-9-13-16(15)22(17)14-10-6-5-7-11-14;15-10-3-1-9(2-4-10)11-5-6-12(16)14-13(11)17-7-8-18-14/h1-26H;5-13H,1-4H3;1-8H. The number of hydrogen-bond acceptors (Lipinski definition) is 9. The Kier molecular flexibility index (Phi) is 14.7. The summed E-state index contributed by atoms with van der Waals surface area (Å²) in [7, 11) is -0.498. The van der Waals surface area contributed by atoms with Crippen molar-refractivity contribution in [1.82, 2.24) is 48.6 Å². The zero-order chi connectivity index (χ0) is 59.9. The van der Waals surface area contributed by atoms with Crippen LogP contribution in [0.2, 0.25) is 10.0 Å². The summed E-state index contributed by atoms with van der Waals surface area (Å²) >= 11 is 12.0. The van der Waals surface area contributed by atoms with Crippen molar-refractivity contribution in [1.29, 1.82) is 0 Å². The van der Waals surface area contributed by atoms with E-state index in [4.69, 9.17) is 57.4 Å². The highest BCUT2D eigenvalue weighted by Gasteiger charge is 2.53. The van der Waals surface area contributed by atoms with E-state index in [9.17, 15) is 0 Å². The van der Waals surface area contributed by atoms with Crippen molar-refractivity contribution >= 4 is 91.2 Å². The fourth-order valence-electron chi connectivity index (χ4n) is 11.3. The maximum Gasteiger partial charge on any atom is 0.533 e. The Bertz CT molecular complexity index is 5000. The molecule has 1 aliphatic rings. The molecular formula is C73H55BCl2N10O2. The Morgan fingerprint density at radius 1 is 0.341 bits per heavy atom. The second-order valence-electron chi connectivity index (χ2n) is 22.3. The van der Waals surface area contributed by atoms with Crippen LogP contribution in [0.3, 0.4) is 0 Å². The van der Waals surface area contributed by atoms with E-state index in [0.29, 0.717) is 15.6 Å². The topological polar surface area (TPSA) is 123 Å². The van der Waals surface area contributed by atoms with Crippen molar-refractivity contribution < 1.29 is 9.31 Å². The summed E-state index contributed by atoms with van der Waals surface area (Å²) < 4.78 is 19.0. The quantitative estimate of drug-likeness (QED) is 0.137. The summed E-state index contributed by atoms with van der Waals surface area (Å²) in [5, 5.41) is 1.32. The van der Waals surface area contributed by atoms with Crippen LogP contribution in [0, 0.1) is 0 Å². The van der Waals surface area contributed by atoms with E-state index < -0.39 is 18.3 Å². The minimum absolute atomic E-state index is 0.392. The van der Waals surface area contributed by atoms with Gasteiger partial charge in [-0.25, -0.2) is 15.0 Å². The molecule has 0 aliphatic carbocycles. The maximum absolute atomic E-state index is 6.24. The first-order valence-corrected chi connectivity index (χ1v) is 29.7. The first-order chi connectivity index (χ1) is 43.0. The lowest BCUT2D eigenvalue weighted by Gasteiger charge is -2.32. The SMILES string of the molecule is CC1(C)OB(c2nc3ccccc3n2-c2ccccc2)OC1(C)C.Clc1ccc(-c2ccc(Cl)c3nccnc23)cc1.c1ccc(-n2c(-c3ccc(-c4ccc(-c5nc6ccccc6n5-c5ccccc5)c5nccnc45)cc3)nc3ccccc32)cc1. The molecule has 0 saturated carbocycles. The van der Waals surface area contributed by atoms with E-state index in [1.165, 1.54) is 0 Å². The van der Waals surface area contributed by atoms with Crippen LogP contribution in [0.4, 0.5) is 0 Å². The van der Waals surface area contributed by atoms with Crippen LogP contribution in [0.15, 0.2) is 261 Å². The van der Waals surface area contributed by atoms with Crippen molar-refractivity contribution in [3.8, 4) is 62.1 Å². The molecule has 15 aromatic rings. The smallest absolute Gasteiger partial charge is 0.397 e. The highest BCUT2D eigenvalue weighted by Crippen LogP contribution is 2.40. The summed E-state index contributed by atoms with van der Waals surface area (Å²) in [6.45, 7) is 8.23. The van der Waals surface area contributed by atoms with Gasteiger partial charge in [-0.2, -0.15) is 0 Å². The van der Waals surface area contributed by atoms with Gasteiger partial charge in [0.15, 0.2) is 0 Å². The molecule has 6 heterocycles. The molecule has 5 aromatic heterocycles. The average Bonchev–Trinajstić information content (AvgIpc) is 2.68. The van der Waals surface area contributed by atoms with Crippen molar-refractivity contribution in [3.63, 3.8) is 0 Å². The summed E-state index contributed by atoms with van der Waals surface area (Å²) in [6.07, 6.45) is 6.81. The molecule has 0 radical (unpaired) electrons. The van der Waals surface area contributed by atoms with E-state index in [-0.39, 0.29) is 0 Å². The third-order valence-corrected chi connectivity index (χ3v) is 16.8. The van der Waals surface area contributed by atoms with Gasteiger partial charge in [-0.1, -0.05) is 163 Å². The molecule has 88 heavy (non-hydrogen) atoms. The first-order valence-electron chi connectivity index (χ1n) is 28.9. The van der Waals surface area contributed by atoms with E-state index in [2.05, 4.69) is 167 Å². The number of nitrogens with zero attached hydrogens (tertiary/aromatic N) is 10. The monoisotopic (exact) mass is 1180 g/mol. The number of hydrogen-bond donors (Lipinski definition) is 0. The number of rotatable bonds is 8. The molecule has 0 N–H and O–H groups in total. The van der Waals surface area contributed by atoms with Gasteiger partial charge in [0.2, 0.25) is 0 Å². The number of benzene rings is 10. The van der Waals surface area contributed by atoms with Crippen LogP contribution < -0.4 is 5.72 Å². The molecular weight excluding hydrogens is 1130 g/mol. The van der Waals surface area contributed by atoms with Gasteiger partial charge in [0.1, 0.15) is 28.4 Å². The Labute approximate surface area is 518 Å². The molecule has 0 amide bonds. The second kappa shape index (κ2) is 23.3. The number of aromatic nitrogens is 10. The Morgan fingerprint density at radius 3 is 1.23 bits per heavy atom. The normalized spacial score (nSPS) is 13.4. The maximum atomic E-state index is 6.24. The summed E-state index contributed by atoms with van der Waals surface area (Å²) in [4.78, 5) is 33.3. The highest BCUT2D eigenvalue weighted by molar-refractivity contribution is 6.61. The van der Waals surface area contributed by atoms with Crippen LogP contribution >= 0.6 is 23.2 Å². The molecule has 1 fully saturated rings. The van der Waals surface area contributed by atoms with Gasteiger partial charge in [-0.3, -0.25) is 33.6 Å². The van der Waals surface area contributed by atoms with Crippen molar-refractivity contribution in [2.45, 2.75) is 38.9 Å². The highest BCUT2D eigenvalue weighted by atomic mass is 35.5. The summed E-state index contributed by atoms with van der Waals surface area (Å²) in [5.41, 5.74) is 18.4. The molecule has 1 saturated heterocycles.